The molecule has 112 valence electrons. The maximum atomic E-state index is 4.87. The number of anilines is 1. The minimum absolute atomic E-state index is 0.407. The van der Waals surface area contributed by atoms with Gasteiger partial charge in [-0.15, -0.1) is 11.3 Å². The first-order valence-corrected chi connectivity index (χ1v) is 8.44. The van der Waals surface area contributed by atoms with Gasteiger partial charge in [-0.3, -0.25) is 0 Å². The molecule has 2 aromatic rings. The summed E-state index contributed by atoms with van der Waals surface area (Å²) in [6, 6.07) is 4.86. The molecule has 1 atom stereocenters. The molecule has 0 radical (unpaired) electrons. The Hall–Kier alpha value is -1.39. The van der Waals surface area contributed by atoms with Gasteiger partial charge in [-0.1, -0.05) is 0 Å². The van der Waals surface area contributed by atoms with Gasteiger partial charge in [0.25, 0.3) is 0 Å². The number of hydrogen-bond donors (Lipinski definition) is 1. The van der Waals surface area contributed by atoms with E-state index in [0.717, 1.165) is 31.0 Å². The Morgan fingerprint density at radius 3 is 3.00 bits per heavy atom. The molecule has 1 aliphatic heterocycles. The van der Waals surface area contributed by atoms with Gasteiger partial charge >= 0.3 is 0 Å². The van der Waals surface area contributed by atoms with E-state index in [1.807, 2.05) is 18.4 Å². The molecule has 3 heterocycles. The molecule has 1 N–H and O–H groups in total. The predicted molar refractivity (Wildman–Crippen MR) is 90.3 cm³/mol. The summed E-state index contributed by atoms with van der Waals surface area (Å²) < 4.78 is 0. The van der Waals surface area contributed by atoms with E-state index in [9.17, 15) is 0 Å². The van der Waals surface area contributed by atoms with Crippen LogP contribution in [-0.2, 0) is 13.0 Å². The molecule has 21 heavy (non-hydrogen) atoms. The van der Waals surface area contributed by atoms with Crippen LogP contribution in [0.15, 0.2) is 17.5 Å². The van der Waals surface area contributed by atoms with E-state index >= 15 is 0 Å². The minimum Gasteiger partial charge on any atom is -0.349 e. The van der Waals surface area contributed by atoms with Gasteiger partial charge in [0.2, 0.25) is 0 Å². The van der Waals surface area contributed by atoms with Crippen molar-refractivity contribution in [2.45, 2.75) is 39.8 Å². The molecule has 0 spiro atoms. The highest BCUT2D eigenvalue weighted by Crippen LogP contribution is 2.37. The highest BCUT2D eigenvalue weighted by atomic mass is 32.1. The Bertz CT molecular complexity index is 647. The fourth-order valence-corrected chi connectivity index (χ4v) is 4.24. The molecular weight excluding hydrogens is 278 g/mol. The van der Waals surface area contributed by atoms with Crippen LogP contribution in [0, 0.1) is 13.8 Å². The molecule has 4 heteroatoms. The van der Waals surface area contributed by atoms with Gasteiger partial charge in [-0.25, -0.2) is 4.98 Å². The highest BCUT2D eigenvalue weighted by molar-refractivity contribution is 7.10. The smallest absolute Gasteiger partial charge is 0.134 e. The average Bonchev–Trinajstić information content (AvgIpc) is 2.91. The van der Waals surface area contributed by atoms with Crippen molar-refractivity contribution in [1.29, 1.82) is 0 Å². The van der Waals surface area contributed by atoms with E-state index in [-0.39, 0.29) is 0 Å². The van der Waals surface area contributed by atoms with Crippen LogP contribution in [0.1, 0.15) is 40.2 Å². The third-order valence-electron chi connectivity index (χ3n) is 4.36. The predicted octanol–water partition coefficient (Wildman–Crippen LogP) is 3.60. The van der Waals surface area contributed by atoms with Crippen LogP contribution in [0.25, 0.3) is 0 Å². The molecule has 1 unspecified atom stereocenters. The average molecular weight is 301 g/mol. The van der Waals surface area contributed by atoms with Gasteiger partial charge in [-0.05, 0) is 62.9 Å². The fourth-order valence-electron chi connectivity index (χ4n) is 3.28. The Labute approximate surface area is 131 Å². The second-order valence-electron chi connectivity index (χ2n) is 5.83. The summed E-state index contributed by atoms with van der Waals surface area (Å²) in [7, 11) is 2.00. The number of nitrogens with one attached hydrogen (secondary N) is 1. The Kier molecular flexibility index (Phi) is 4.00. The molecule has 0 aromatic carbocycles. The number of hydrogen-bond acceptors (Lipinski definition) is 4. The molecule has 3 rings (SSSR count). The third-order valence-corrected chi connectivity index (χ3v) is 5.35. The van der Waals surface area contributed by atoms with Crippen LogP contribution in [0.4, 0.5) is 5.82 Å². The van der Waals surface area contributed by atoms with Gasteiger partial charge < -0.3 is 10.2 Å². The van der Waals surface area contributed by atoms with Crippen LogP contribution >= 0.6 is 11.3 Å². The number of fused-ring (bicyclic) bond motifs is 1. The topological polar surface area (TPSA) is 28.2 Å². The number of aryl methyl sites for hydroxylation is 2. The zero-order valence-electron chi connectivity index (χ0n) is 13.2. The largest absolute Gasteiger partial charge is 0.349 e. The highest BCUT2D eigenvalue weighted by Gasteiger charge is 2.27. The summed E-state index contributed by atoms with van der Waals surface area (Å²) in [5, 5.41) is 5.50. The third kappa shape index (κ3) is 2.58. The summed E-state index contributed by atoms with van der Waals surface area (Å²) in [6.07, 6.45) is 1.13. The van der Waals surface area contributed by atoms with Gasteiger partial charge in [0.15, 0.2) is 0 Å². The molecule has 3 nitrogen and oxygen atoms in total. The molecule has 0 amide bonds. The number of rotatable bonds is 3. The van der Waals surface area contributed by atoms with Crippen molar-refractivity contribution in [3.63, 3.8) is 0 Å². The molecule has 0 fully saturated rings. The van der Waals surface area contributed by atoms with E-state index in [0.29, 0.717) is 6.04 Å². The van der Waals surface area contributed by atoms with Crippen LogP contribution in [0.3, 0.4) is 0 Å². The fraction of sp³-hybridized carbons (Fsp3) is 0.471. The molecule has 1 aliphatic rings. The SMILES string of the molecule is CNCc1c(C)cc(C)nc1N1CCc2sccc2C1C. The molecule has 0 bridgehead atoms. The van der Waals surface area contributed by atoms with Crippen molar-refractivity contribution in [3.05, 3.63) is 44.8 Å². The van der Waals surface area contributed by atoms with E-state index < -0.39 is 0 Å². The summed E-state index contributed by atoms with van der Waals surface area (Å²) in [5.41, 5.74) is 5.23. The summed E-state index contributed by atoms with van der Waals surface area (Å²) in [6.45, 7) is 8.50. The zero-order chi connectivity index (χ0) is 15.0. The number of nitrogens with zero attached hydrogens (tertiary/aromatic N) is 2. The number of pyridine rings is 1. The van der Waals surface area contributed by atoms with Crippen LogP contribution < -0.4 is 10.2 Å². The number of aromatic nitrogens is 1. The second kappa shape index (κ2) is 5.78. The second-order valence-corrected chi connectivity index (χ2v) is 6.83. The normalized spacial score (nSPS) is 17.9. The molecule has 0 aliphatic carbocycles. The lowest BCUT2D eigenvalue weighted by Gasteiger charge is -2.36. The van der Waals surface area contributed by atoms with Crippen molar-refractivity contribution in [3.8, 4) is 0 Å². The molecule has 2 aromatic heterocycles. The van der Waals surface area contributed by atoms with Gasteiger partial charge in [0.1, 0.15) is 5.82 Å². The lowest BCUT2D eigenvalue weighted by molar-refractivity contribution is 0.617. The summed E-state index contributed by atoms with van der Waals surface area (Å²) in [4.78, 5) is 8.89. The summed E-state index contributed by atoms with van der Waals surface area (Å²) in [5.74, 6) is 1.16. The quantitative estimate of drug-likeness (QED) is 0.939. The monoisotopic (exact) mass is 301 g/mol. The van der Waals surface area contributed by atoms with E-state index in [4.69, 9.17) is 4.98 Å². The van der Waals surface area contributed by atoms with Crippen molar-refractivity contribution in [2.24, 2.45) is 0 Å². The first-order valence-electron chi connectivity index (χ1n) is 7.56. The zero-order valence-corrected chi connectivity index (χ0v) is 14.0. The lowest BCUT2D eigenvalue weighted by atomic mass is 9.99. The molecule has 0 saturated carbocycles. The molecule has 0 saturated heterocycles. The standard InChI is InChI=1S/C17H23N3S/c1-11-9-12(2)19-17(15(11)10-18-4)20-7-5-16-14(13(20)3)6-8-21-16/h6,8-9,13,18H,5,7,10H2,1-4H3. The van der Waals surface area contributed by atoms with Crippen molar-refractivity contribution in [1.82, 2.24) is 10.3 Å². The van der Waals surface area contributed by atoms with Crippen LogP contribution in [0.5, 0.6) is 0 Å². The van der Waals surface area contributed by atoms with Crippen LogP contribution in [-0.4, -0.2) is 18.6 Å². The van der Waals surface area contributed by atoms with Gasteiger partial charge in [0.05, 0.1) is 6.04 Å². The van der Waals surface area contributed by atoms with Crippen molar-refractivity contribution >= 4 is 17.2 Å². The summed E-state index contributed by atoms with van der Waals surface area (Å²) >= 11 is 1.89. The van der Waals surface area contributed by atoms with E-state index in [1.165, 1.54) is 16.7 Å². The van der Waals surface area contributed by atoms with E-state index in [1.54, 1.807) is 4.88 Å². The Balaban J connectivity index is 2.04. The maximum Gasteiger partial charge on any atom is 0.134 e. The van der Waals surface area contributed by atoms with Gasteiger partial charge in [-0.2, -0.15) is 0 Å². The first kappa shape index (κ1) is 14.5. The number of thiophene rings is 1. The minimum atomic E-state index is 0.407. The van der Waals surface area contributed by atoms with Gasteiger partial charge in [0, 0.05) is 29.2 Å². The van der Waals surface area contributed by atoms with Crippen LogP contribution in [0.2, 0.25) is 0 Å². The lowest BCUT2D eigenvalue weighted by Crippen LogP contribution is -2.35. The maximum absolute atomic E-state index is 4.87. The Morgan fingerprint density at radius 2 is 2.24 bits per heavy atom. The van der Waals surface area contributed by atoms with E-state index in [2.05, 4.69) is 48.5 Å². The van der Waals surface area contributed by atoms with Crippen molar-refractivity contribution < 1.29 is 0 Å². The van der Waals surface area contributed by atoms with Crippen molar-refractivity contribution in [2.75, 3.05) is 18.5 Å². The Morgan fingerprint density at radius 1 is 1.43 bits per heavy atom. The first-order chi connectivity index (χ1) is 10.1. The molecular formula is C17H23N3S.